The number of nitrogens with one attached hydrogen (secondary N) is 1. The van der Waals surface area contributed by atoms with Gasteiger partial charge in [0.1, 0.15) is 0 Å². The number of fused-ring (bicyclic) bond motifs is 1. The molecule has 2 aromatic rings. The number of hydrogen-bond donors (Lipinski definition) is 1. The summed E-state index contributed by atoms with van der Waals surface area (Å²) in [6, 6.07) is 0.927. The van der Waals surface area contributed by atoms with E-state index in [0.29, 0.717) is 0 Å². The zero-order valence-corrected chi connectivity index (χ0v) is 7.26. The van der Waals surface area contributed by atoms with Crippen LogP contribution < -0.4 is 0 Å². The first-order valence-electron chi connectivity index (χ1n) is 3.90. The molecule has 0 bridgehead atoms. The summed E-state index contributed by atoms with van der Waals surface area (Å²) >= 11 is 0. The molecule has 76 valence electrons. The minimum absolute atomic E-state index is 0.164. The van der Waals surface area contributed by atoms with Gasteiger partial charge in [-0.15, -0.1) is 6.42 Å². The van der Waals surface area contributed by atoms with Crippen molar-refractivity contribution in [3.05, 3.63) is 23.7 Å². The first kappa shape index (κ1) is 9.52. The minimum Gasteiger partial charge on any atom is -0.330 e. The fraction of sp³-hybridized carbons (Fsp3) is 0.111. The number of H-pyrrole nitrogens is 1. The van der Waals surface area contributed by atoms with Crippen molar-refractivity contribution in [2.24, 2.45) is 0 Å². The predicted octanol–water partition coefficient (Wildman–Crippen LogP) is 1.96. The fourth-order valence-corrected chi connectivity index (χ4v) is 1.12. The molecule has 0 aliphatic heterocycles. The molecule has 2 aromatic heterocycles. The molecule has 0 atom stereocenters. The van der Waals surface area contributed by atoms with Crippen LogP contribution in [0.25, 0.3) is 11.2 Å². The Balaban J connectivity index is 2.62. The van der Waals surface area contributed by atoms with Crippen molar-refractivity contribution in [2.75, 3.05) is 0 Å². The summed E-state index contributed by atoms with van der Waals surface area (Å²) in [4.78, 5) is 9.89. The van der Waals surface area contributed by atoms with E-state index in [0.717, 1.165) is 12.3 Å². The van der Waals surface area contributed by atoms with E-state index in [1.807, 2.05) is 0 Å². The van der Waals surface area contributed by atoms with Gasteiger partial charge in [-0.2, -0.15) is 13.2 Å². The van der Waals surface area contributed by atoms with E-state index in [9.17, 15) is 13.2 Å². The fourth-order valence-electron chi connectivity index (χ4n) is 1.12. The van der Waals surface area contributed by atoms with Crippen LogP contribution in [0, 0.1) is 12.3 Å². The van der Waals surface area contributed by atoms with Crippen LogP contribution in [0.5, 0.6) is 0 Å². The lowest BCUT2D eigenvalue weighted by Crippen LogP contribution is -2.05. The summed E-state index contributed by atoms with van der Waals surface area (Å²) < 4.78 is 36.9. The largest absolute Gasteiger partial charge is 0.417 e. The smallest absolute Gasteiger partial charge is 0.330 e. The average Bonchev–Trinajstić information content (AvgIpc) is 2.57. The normalized spacial score (nSPS) is 11.6. The number of imidazole rings is 1. The second-order valence-electron chi connectivity index (χ2n) is 2.82. The number of aromatic amines is 1. The van der Waals surface area contributed by atoms with Gasteiger partial charge in [0.05, 0.1) is 11.1 Å². The van der Waals surface area contributed by atoms with E-state index in [2.05, 4.69) is 20.9 Å². The van der Waals surface area contributed by atoms with E-state index in [1.165, 1.54) is 0 Å². The maximum atomic E-state index is 12.3. The third-order valence-electron chi connectivity index (χ3n) is 1.80. The second kappa shape index (κ2) is 2.98. The van der Waals surface area contributed by atoms with Gasteiger partial charge in [-0.05, 0) is 12.0 Å². The molecular weight excluding hydrogens is 207 g/mol. The number of terminal acetylenes is 1. The Kier molecular flexibility index (Phi) is 1.89. The minimum atomic E-state index is -4.41. The highest BCUT2D eigenvalue weighted by atomic mass is 19.4. The predicted molar refractivity (Wildman–Crippen MR) is 46.8 cm³/mol. The monoisotopic (exact) mass is 211 g/mol. The van der Waals surface area contributed by atoms with Crippen molar-refractivity contribution in [3.8, 4) is 12.3 Å². The van der Waals surface area contributed by atoms with Crippen LogP contribution in [0.15, 0.2) is 12.3 Å². The van der Waals surface area contributed by atoms with Crippen molar-refractivity contribution in [3.63, 3.8) is 0 Å². The number of rotatable bonds is 0. The number of halogens is 3. The summed E-state index contributed by atoms with van der Waals surface area (Å²) in [6.07, 6.45) is 1.36. The molecule has 0 amide bonds. The number of alkyl halides is 3. The summed E-state index contributed by atoms with van der Waals surface area (Å²) in [5.41, 5.74) is -0.476. The third-order valence-corrected chi connectivity index (χ3v) is 1.80. The first-order valence-corrected chi connectivity index (χ1v) is 3.90. The lowest BCUT2D eigenvalue weighted by atomic mass is 10.2. The molecule has 0 saturated carbocycles. The average molecular weight is 211 g/mol. The number of aromatic nitrogens is 3. The van der Waals surface area contributed by atoms with Gasteiger partial charge in [0.15, 0.2) is 11.5 Å². The maximum absolute atomic E-state index is 12.3. The van der Waals surface area contributed by atoms with Gasteiger partial charge in [-0.25, -0.2) is 9.97 Å². The highest BCUT2D eigenvalue weighted by molar-refractivity contribution is 5.72. The zero-order chi connectivity index (χ0) is 11.1. The standard InChI is InChI=1S/C9H4F3N3/c1-2-7-14-6-3-5(9(10,11)12)4-13-8(6)15-7/h1,3-4H,(H,13,14,15). The molecule has 0 radical (unpaired) electrons. The Morgan fingerprint density at radius 2 is 2.13 bits per heavy atom. The summed E-state index contributed by atoms with van der Waals surface area (Å²) in [5.74, 6) is 2.35. The van der Waals surface area contributed by atoms with Crippen LogP contribution in [-0.4, -0.2) is 15.0 Å². The Bertz CT molecular complexity index is 548. The van der Waals surface area contributed by atoms with Gasteiger partial charge < -0.3 is 4.98 Å². The molecule has 0 aliphatic rings. The molecule has 0 fully saturated rings. The van der Waals surface area contributed by atoms with Crippen LogP contribution in [0.2, 0.25) is 0 Å². The quantitative estimate of drug-likeness (QED) is 0.676. The van der Waals surface area contributed by atoms with Crippen molar-refractivity contribution < 1.29 is 13.2 Å². The molecule has 0 aromatic carbocycles. The molecule has 6 heteroatoms. The third kappa shape index (κ3) is 1.64. The molecule has 0 saturated heterocycles. The molecule has 3 nitrogen and oxygen atoms in total. The van der Waals surface area contributed by atoms with Crippen LogP contribution in [0.1, 0.15) is 11.4 Å². The number of hydrogen-bond acceptors (Lipinski definition) is 2. The first-order chi connectivity index (χ1) is 7.00. The van der Waals surface area contributed by atoms with Gasteiger partial charge in [-0.3, -0.25) is 0 Å². The van der Waals surface area contributed by atoms with Crippen LogP contribution in [0.4, 0.5) is 13.2 Å². The van der Waals surface area contributed by atoms with Crippen molar-refractivity contribution in [2.45, 2.75) is 6.18 Å². The molecule has 0 aliphatic carbocycles. The van der Waals surface area contributed by atoms with Crippen LogP contribution >= 0.6 is 0 Å². The Morgan fingerprint density at radius 1 is 1.40 bits per heavy atom. The Morgan fingerprint density at radius 3 is 2.73 bits per heavy atom. The summed E-state index contributed by atoms with van der Waals surface area (Å²) in [7, 11) is 0. The summed E-state index contributed by atoms with van der Waals surface area (Å²) in [6.45, 7) is 0. The highest BCUT2D eigenvalue weighted by Crippen LogP contribution is 2.29. The lowest BCUT2D eigenvalue weighted by molar-refractivity contribution is -0.137. The molecule has 0 spiro atoms. The van der Waals surface area contributed by atoms with E-state index in [-0.39, 0.29) is 17.0 Å². The van der Waals surface area contributed by atoms with Gasteiger partial charge in [0, 0.05) is 6.20 Å². The van der Waals surface area contributed by atoms with Crippen LogP contribution in [-0.2, 0) is 6.18 Å². The van der Waals surface area contributed by atoms with E-state index in [4.69, 9.17) is 6.42 Å². The zero-order valence-electron chi connectivity index (χ0n) is 7.26. The molecule has 2 heterocycles. The van der Waals surface area contributed by atoms with Gasteiger partial charge in [0.2, 0.25) is 0 Å². The maximum Gasteiger partial charge on any atom is 0.417 e. The number of nitrogens with zero attached hydrogens (tertiary/aromatic N) is 2. The van der Waals surface area contributed by atoms with Crippen molar-refractivity contribution in [1.29, 1.82) is 0 Å². The second-order valence-corrected chi connectivity index (χ2v) is 2.82. The van der Waals surface area contributed by atoms with E-state index >= 15 is 0 Å². The van der Waals surface area contributed by atoms with Gasteiger partial charge >= 0.3 is 6.18 Å². The van der Waals surface area contributed by atoms with E-state index < -0.39 is 11.7 Å². The highest BCUT2D eigenvalue weighted by Gasteiger charge is 2.31. The lowest BCUT2D eigenvalue weighted by Gasteiger charge is -2.04. The van der Waals surface area contributed by atoms with Crippen molar-refractivity contribution in [1.82, 2.24) is 15.0 Å². The van der Waals surface area contributed by atoms with E-state index in [1.54, 1.807) is 0 Å². The number of pyridine rings is 1. The molecule has 0 unspecified atom stereocenters. The molecule has 15 heavy (non-hydrogen) atoms. The Hall–Kier alpha value is -2.03. The molecule has 1 N–H and O–H groups in total. The Labute approximate surface area is 82.4 Å². The van der Waals surface area contributed by atoms with Gasteiger partial charge in [0.25, 0.3) is 0 Å². The molecule has 2 rings (SSSR count). The topological polar surface area (TPSA) is 41.6 Å². The van der Waals surface area contributed by atoms with Crippen LogP contribution in [0.3, 0.4) is 0 Å². The van der Waals surface area contributed by atoms with Crippen molar-refractivity contribution >= 4 is 11.2 Å². The van der Waals surface area contributed by atoms with Gasteiger partial charge in [-0.1, -0.05) is 0 Å². The SMILES string of the molecule is C#Cc1nc2ncc(C(F)(F)F)cc2[nH]1. The summed E-state index contributed by atoms with van der Waals surface area (Å²) in [5, 5.41) is 0. The molecular formula is C9H4F3N3.